The fraction of sp³-hybridized carbons (Fsp3) is 0.417. The van der Waals surface area contributed by atoms with Crippen molar-refractivity contribution >= 4 is 18.4 Å². The molecule has 0 aliphatic carbocycles. The van der Waals surface area contributed by atoms with Crippen LogP contribution in [-0.4, -0.2) is 26.2 Å². The third-order valence-electron chi connectivity index (χ3n) is 2.38. The Morgan fingerprint density at radius 3 is 2.75 bits per heavy atom. The molecule has 16 heavy (non-hydrogen) atoms. The molecule has 1 N–H and O–H groups in total. The summed E-state index contributed by atoms with van der Waals surface area (Å²) < 4.78 is 4.67. The summed E-state index contributed by atoms with van der Waals surface area (Å²) in [7, 11) is 3.32. The maximum atomic E-state index is 11.3. The van der Waals surface area contributed by atoms with E-state index in [2.05, 4.69) is 17.0 Å². The molecular formula is C12H18ClNO2. The molecule has 90 valence electrons. The zero-order valence-corrected chi connectivity index (χ0v) is 10.6. The molecule has 0 amide bonds. The first-order valence-corrected chi connectivity index (χ1v) is 5.02. The van der Waals surface area contributed by atoms with Crippen molar-refractivity contribution in [2.24, 2.45) is 0 Å². The number of benzene rings is 1. The first kappa shape index (κ1) is 14.9. The molecule has 1 aromatic rings. The summed E-state index contributed by atoms with van der Waals surface area (Å²) in [6, 6.07) is 7.93. The monoisotopic (exact) mass is 243 g/mol. The second kappa shape index (κ2) is 7.25. The van der Waals surface area contributed by atoms with E-state index >= 15 is 0 Å². The normalized spacial score (nSPS) is 11.4. The molecule has 0 aromatic heterocycles. The lowest BCUT2D eigenvalue weighted by Crippen LogP contribution is -2.23. The van der Waals surface area contributed by atoms with Crippen LogP contribution in [0.1, 0.15) is 22.8 Å². The largest absolute Gasteiger partial charge is 0.465 e. The number of methoxy groups -OCH3 is 1. The second-order valence-corrected chi connectivity index (χ2v) is 3.59. The Morgan fingerprint density at radius 1 is 1.50 bits per heavy atom. The van der Waals surface area contributed by atoms with Gasteiger partial charge in [0.2, 0.25) is 0 Å². The van der Waals surface area contributed by atoms with Crippen molar-refractivity contribution in [2.75, 3.05) is 14.2 Å². The van der Waals surface area contributed by atoms with E-state index in [0.29, 0.717) is 11.6 Å². The number of nitrogens with one attached hydrogen (secondary N) is 1. The molecule has 0 fully saturated rings. The summed E-state index contributed by atoms with van der Waals surface area (Å²) in [6.45, 7) is 2.10. The quantitative estimate of drug-likeness (QED) is 0.823. The molecule has 0 saturated carbocycles. The van der Waals surface area contributed by atoms with Gasteiger partial charge in [-0.3, -0.25) is 0 Å². The van der Waals surface area contributed by atoms with Crippen LogP contribution < -0.4 is 5.32 Å². The van der Waals surface area contributed by atoms with E-state index in [4.69, 9.17) is 0 Å². The number of carbonyl (C=O) groups is 1. The van der Waals surface area contributed by atoms with E-state index in [1.54, 1.807) is 6.07 Å². The number of hydrogen-bond donors (Lipinski definition) is 1. The van der Waals surface area contributed by atoms with Crippen molar-refractivity contribution in [3.05, 3.63) is 35.4 Å². The molecule has 1 atom stereocenters. The molecule has 0 aliphatic heterocycles. The molecule has 0 radical (unpaired) electrons. The highest BCUT2D eigenvalue weighted by atomic mass is 35.5. The minimum Gasteiger partial charge on any atom is -0.465 e. The molecule has 4 heteroatoms. The first-order chi connectivity index (χ1) is 7.17. The SMILES string of the molecule is CNC(C)Cc1cccc(C(=O)OC)c1.Cl. The van der Waals surface area contributed by atoms with Gasteiger partial charge in [0.15, 0.2) is 0 Å². The number of halogens is 1. The summed E-state index contributed by atoms with van der Waals surface area (Å²) in [5, 5.41) is 3.16. The van der Waals surface area contributed by atoms with E-state index in [9.17, 15) is 4.79 Å². The molecule has 0 spiro atoms. The van der Waals surface area contributed by atoms with Gasteiger partial charge in [0, 0.05) is 6.04 Å². The van der Waals surface area contributed by atoms with E-state index in [-0.39, 0.29) is 18.4 Å². The van der Waals surface area contributed by atoms with Crippen LogP contribution in [0, 0.1) is 0 Å². The highest BCUT2D eigenvalue weighted by Gasteiger charge is 2.06. The number of rotatable bonds is 4. The van der Waals surface area contributed by atoms with Gasteiger partial charge < -0.3 is 10.1 Å². The van der Waals surface area contributed by atoms with Crippen molar-refractivity contribution in [3.63, 3.8) is 0 Å². The van der Waals surface area contributed by atoms with Gasteiger partial charge in [-0.1, -0.05) is 12.1 Å². The number of ether oxygens (including phenoxy) is 1. The fourth-order valence-corrected chi connectivity index (χ4v) is 1.40. The van der Waals surface area contributed by atoms with Crippen LogP contribution in [0.4, 0.5) is 0 Å². The van der Waals surface area contributed by atoms with E-state index < -0.39 is 0 Å². The maximum Gasteiger partial charge on any atom is 0.337 e. The summed E-state index contributed by atoms with van der Waals surface area (Å²) in [5.41, 5.74) is 1.75. The highest BCUT2D eigenvalue weighted by molar-refractivity contribution is 5.89. The molecular weight excluding hydrogens is 226 g/mol. The Labute approximate surface area is 103 Å². The van der Waals surface area contributed by atoms with Crippen LogP contribution in [0.15, 0.2) is 24.3 Å². The van der Waals surface area contributed by atoms with Crippen LogP contribution in [0.5, 0.6) is 0 Å². The number of esters is 1. The van der Waals surface area contributed by atoms with Gasteiger partial charge in [0.05, 0.1) is 12.7 Å². The Balaban J connectivity index is 0.00000225. The van der Waals surface area contributed by atoms with E-state index in [0.717, 1.165) is 12.0 Å². The zero-order chi connectivity index (χ0) is 11.3. The van der Waals surface area contributed by atoms with Gasteiger partial charge in [-0.15, -0.1) is 12.4 Å². The predicted octanol–water partition coefficient (Wildman–Crippen LogP) is 2.05. The second-order valence-electron chi connectivity index (χ2n) is 3.59. The van der Waals surface area contributed by atoms with Gasteiger partial charge in [-0.2, -0.15) is 0 Å². The lowest BCUT2D eigenvalue weighted by molar-refractivity contribution is 0.0600. The molecule has 3 nitrogen and oxygen atoms in total. The third kappa shape index (κ3) is 4.21. The van der Waals surface area contributed by atoms with Gasteiger partial charge in [0.1, 0.15) is 0 Å². The summed E-state index contributed by atoms with van der Waals surface area (Å²) in [6.07, 6.45) is 0.904. The fourth-order valence-electron chi connectivity index (χ4n) is 1.40. The number of carbonyl (C=O) groups excluding carboxylic acids is 1. The maximum absolute atomic E-state index is 11.3. The Kier molecular flexibility index (Phi) is 6.77. The van der Waals surface area contributed by atoms with Crippen LogP contribution in [0.3, 0.4) is 0 Å². The Morgan fingerprint density at radius 2 is 2.19 bits per heavy atom. The molecule has 0 saturated heterocycles. The van der Waals surface area contributed by atoms with Crippen molar-refractivity contribution in [1.82, 2.24) is 5.32 Å². The smallest absolute Gasteiger partial charge is 0.337 e. The van der Waals surface area contributed by atoms with Gasteiger partial charge in [0.25, 0.3) is 0 Å². The number of hydrogen-bond acceptors (Lipinski definition) is 3. The molecule has 1 aromatic carbocycles. The van der Waals surface area contributed by atoms with Gasteiger partial charge in [-0.25, -0.2) is 4.79 Å². The van der Waals surface area contributed by atoms with Crippen LogP contribution in [-0.2, 0) is 11.2 Å². The highest BCUT2D eigenvalue weighted by Crippen LogP contribution is 2.08. The summed E-state index contributed by atoms with van der Waals surface area (Å²) >= 11 is 0. The zero-order valence-electron chi connectivity index (χ0n) is 9.82. The predicted molar refractivity (Wildman–Crippen MR) is 67.3 cm³/mol. The van der Waals surface area contributed by atoms with Crippen LogP contribution in [0.2, 0.25) is 0 Å². The molecule has 1 unspecified atom stereocenters. The average Bonchev–Trinajstić information content (AvgIpc) is 2.28. The van der Waals surface area contributed by atoms with Gasteiger partial charge >= 0.3 is 5.97 Å². The van der Waals surface area contributed by atoms with Crippen molar-refractivity contribution in [2.45, 2.75) is 19.4 Å². The Hall–Kier alpha value is -1.06. The minimum absolute atomic E-state index is 0. The average molecular weight is 244 g/mol. The molecule has 0 heterocycles. The lowest BCUT2D eigenvalue weighted by Gasteiger charge is -2.10. The first-order valence-electron chi connectivity index (χ1n) is 5.02. The Bertz CT molecular complexity index is 342. The van der Waals surface area contributed by atoms with Crippen molar-refractivity contribution in [1.29, 1.82) is 0 Å². The topological polar surface area (TPSA) is 38.3 Å². The number of likely N-dealkylation sites (N-methyl/N-ethyl adjacent to an activating group) is 1. The van der Waals surface area contributed by atoms with E-state index in [1.165, 1.54) is 7.11 Å². The van der Waals surface area contributed by atoms with Crippen molar-refractivity contribution < 1.29 is 9.53 Å². The van der Waals surface area contributed by atoms with Crippen molar-refractivity contribution in [3.8, 4) is 0 Å². The van der Waals surface area contributed by atoms with Crippen LogP contribution in [0.25, 0.3) is 0 Å². The minimum atomic E-state index is -0.283. The van der Waals surface area contributed by atoms with Gasteiger partial charge in [-0.05, 0) is 38.1 Å². The standard InChI is InChI=1S/C12H17NO2.ClH/c1-9(13-2)7-10-5-4-6-11(8-10)12(14)15-3;/h4-6,8-9,13H,7H2,1-3H3;1H. The van der Waals surface area contributed by atoms with E-state index in [1.807, 2.05) is 25.2 Å². The third-order valence-corrected chi connectivity index (χ3v) is 2.38. The molecule has 0 aliphatic rings. The molecule has 0 bridgehead atoms. The molecule has 1 rings (SSSR count). The summed E-state index contributed by atoms with van der Waals surface area (Å²) in [5.74, 6) is -0.283. The summed E-state index contributed by atoms with van der Waals surface area (Å²) in [4.78, 5) is 11.3. The lowest BCUT2D eigenvalue weighted by atomic mass is 10.0. The van der Waals surface area contributed by atoms with Crippen LogP contribution >= 0.6 is 12.4 Å².